The van der Waals surface area contributed by atoms with Crippen molar-refractivity contribution in [2.75, 3.05) is 13.7 Å². The fourth-order valence-corrected chi connectivity index (χ4v) is 2.14. The molecule has 0 aliphatic carbocycles. The first-order valence-corrected chi connectivity index (χ1v) is 6.77. The van der Waals surface area contributed by atoms with E-state index in [1.807, 2.05) is 24.3 Å². The predicted octanol–water partition coefficient (Wildman–Crippen LogP) is 2.58. The van der Waals surface area contributed by atoms with Gasteiger partial charge in [-0.2, -0.15) is 0 Å². The summed E-state index contributed by atoms with van der Waals surface area (Å²) in [7, 11) is 1.59. The normalized spacial score (nSPS) is 10.0. The lowest BCUT2D eigenvalue weighted by molar-refractivity contribution is -0.385. The molecule has 22 heavy (non-hydrogen) atoms. The summed E-state index contributed by atoms with van der Waals surface area (Å²) in [5, 5.41) is 13.6. The van der Waals surface area contributed by atoms with Crippen molar-refractivity contribution in [3.05, 3.63) is 69.8 Å². The van der Waals surface area contributed by atoms with Gasteiger partial charge in [-0.3, -0.25) is 14.9 Å². The largest absolute Gasteiger partial charge is 0.496 e. The maximum atomic E-state index is 12.1. The number of ether oxygens (including phenoxy) is 1. The first-order chi connectivity index (χ1) is 10.6. The van der Waals surface area contributed by atoms with Crippen LogP contribution in [-0.4, -0.2) is 24.5 Å². The lowest BCUT2D eigenvalue weighted by Gasteiger charge is -2.09. The highest BCUT2D eigenvalue weighted by Gasteiger charge is 2.18. The van der Waals surface area contributed by atoms with Crippen LogP contribution < -0.4 is 10.1 Å². The van der Waals surface area contributed by atoms with Crippen molar-refractivity contribution in [2.45, 2.75) is 6.42 Å². The van der Waals surface area contributed by atoms with Crippen LogP contribution in [-0.2, 0) is 6.42 Å². The Morgan fingerprint density at radius 2 is 1.86 bits per heavy atom. The molecule has 0 spiro atoms. The summed E-state index contributed by atoms with van der Waals surface area (Å²) in [6, 6.07) is 13.4. The van der Waals surface area contributed by atoms with Crippen molar-refractivity contribution in [2.24, 2.45) is 0 Å². The topological polar surface area (TPSA) is 81.5 Å². The van der Waals surface area contributed by atoms with Crippen molar-refractivity contribution >= 4 is 11.6 Å². The number of nitrogens with zero attached hydrogens (tertiary/aromatic N) is 1. The highest BCUT2D eigenvalue weighted by Crippen LogP contribution is 2.19. The van der Waals surface area contributed by atoms with Crippen LogP contribution in [0.1, 0.15) is 15.9 Å². The highest BCUT2D eigenvalue weighted by molar-refractivity contribution is 5.98. The van der Waals surface area contributed by atoms with Crippen molar-refractivity contribution in [1.82, 2.24) is 5.32 Å². The summed E-state index contributed by atoms with van der Waals surface area (Å²) in [4.78, 5) is 22.4. The molecule has 1 N–H and O–H groups in total. The van der Waals surface area contributed by atoms with Gasteiger partial charge in [0.05, 0.1) is 12.0 Å². The molecule has 114 valence electrons. The minimum Gasteiger partial charge on any atom is -0.496 e. The summed E-state index contributed by atoms with van der Waals surface area (Å²) in [6.45, 7) is 0.366. The monoisotopic (exact) mass is 300 g/mol. The van der Waals surface area contributed by atoms with Gasteiger partial charge in [-0.25, -0.2) is 0 Å². The number of nitrogens with one attached hydrogen (secondary N) is 1. The number of hydrogen-bond donors (Lipinski definition) is 1. The number of methoxy groups -OCH3 is 1. The van der Waals surface area contributed by atoms with Gasteiger partial charge in [0.1, 0.15) is 11.3 Å². The fraction of sp³-hybridized carbons (Fsp3) is 0.188. The van der Waals surface area contributed by atoms with Crippen molar-refractivity contribution < 1.29 is 14.5 Å². The number of rotatable bonds is 6. The Bertz CT molecular complexity index is 685. The van der Waals surface area contributed by atoms with E-state index in [4.69, 9.17) is 4.74 Å². The van der Waals surface area contributed by atoms with Gasteiger partial charge >= 0.3 is 0 Å². The Morgan fingerprint density at radius 3 is 2.59 bits per heavy atom. The molecule has 6 heteroatoms. The molecule has 0 heterocycles. The Balaban J connectivity index is 2.00. The summed E-state index contributed by atoms with van der Waals surface area (Å²) in [5.41, 5.74) is 0.831. The zero-order chi connectivity index (χ0) is 15.9. The van der Waals surface area contributed by atoms with Gasteiger partial charge in [0.25, 0.3) is 11.6 Å². The van der Waals surface area contributed by atoms with E-state index < -0.39 is 10.8 Å². The van der Waals surface area contributed by atoms with Crippen LogP contribution in [0.15, 0.2) is 48.5 Å². The quantitative estimate of drug-likeness (QED) is 0.656. The van der Waals surface area contributed by atoms with Crippen LogP contribution in [0.2, 0.25) is 0 Å². The summed E-state index contributed by atoms with van der Waals surface area (Å²) < 4.78 is 5.24. The maximum absolute atomic E-state index is 12.1. The molecule has 0 fully saturated rings. The second-order valence-electron chi connectivity index (χ2n) is 4.59. The molecule has 6 nitrogen and oxygen atoms in total. The molecule has 0 saturated carbocycles. The molecule has 0 aliphatic heterocycles. The average molecular weight is 300 g/mol. The van der Waals surface area contributed by atoms with Crippen molar-refractivity contribution in [1.29, 1.82) is 0 Å². The average Bonchev–Trinajstić information content (AvgIpc) is 2.55. The molecule has 1 amide bonds. The molecule has 2 aromatic rings. The molecule has 0 atom stereocenters. The van der Waals surface area contributed by atoms with E-state index in [2.05, 4.69) is 5.32 Å². The van der Waals surface area contributed by atoms with Gasteiger partial charge in [-0.1, -0.05) is 30.3 Å². The third-order valence-corrected chi connectivity index (χ3v) is 3.22. The third-order valence-electron chi connectivity index (χ3n) is 3.22. The summed E-state index contributed by atoms with van der Waals surface area (Å²) in [6.07, 6.45) is 0.580. The lowest BCUT2D eigenvalue weighted by atomic mass is 10.1. The number of carbonyl (C=O) groups is 1. The lowest BCUT2D eigenvalue weighted by Crippen LogP contribution is -2.26. The summed E-state index contributed by atoms with van der Waals surface area (Å²) >= 11 is 0. The Morgan fingerprint density at radius 1 is 1.18 bits per heavy atom. The number of nitro groups is 1. The number of carbonyl (C=O) groups excluding carboxylic acids is 1. The second kappa shape index (κ2) is 7.21. The second-order valence-corrected chi connectivity index (χ2v) is 4.59. The predicted molar refractivity (Wildman–Crippen MR) is 82.1 cm³/mol. The SMILES string of the molecule is COc1ccccc1CCNC(=O)c1ccccc1[N+](=O)[O-]. The molecule has 0 aliphatic rings. The van der Waals surface area contributed by atoms with E-state index in [0.717, 1.165) is 11.3 Å². The number of para-hydroxylation sites is 2. The molecule has 0 bridgehead atoms. The third kappa shape index (κ3) is 3.60. The van der Waals surface area contributed by atoms with Crippen LogP contribution in [0, 0.1) is 10.1 Å². The van der Waals surface area contributed by atoms with Crippen LogP contribution in [0.4, 0.5) is 5.69 Å². The first-order valence-electron chi connectivity index (χ1n) is 6.77. The zero-order valence-corrected chi connectivity index (χ0v) is 12.1. The maximum Gasteiger partial charge on any atom is 0.282 e. The summed E-state index contributed by atoms with van der Waals surface area (Å²) in [5.74, 6) is 0.296. The minimum atomic E-state index is -0.560. The van der Waals surface area contributed by atoms with Gasteiger partial charge in [-0.15, -0.1) is 0 Å². The first kappa shape index (κ1) is 15.5. The minimum absolute atomic E-state index is 0.0625. The molecule has 2 aromatic carbocycles. The van der Waals surface area contributed by atoms with Crippen LogP contribution in [0.3, 0.4) is 0 Å². The molecule has 0 unspecified atom stereocenters. The Kier molecular flexibility index (Phi) is 5.08. The molecule has 0 radical (unpaired) electrons. The van der Waals surface area contributed by atoms with Crippen LogP contribution in [0.5, 0.6) is 5.75 Å². The molecular formula is C16H16N2O4. The highest BCUT2D eigenvalue weighted by atomic mass is 16.6. The van der Waals surface area contributed by atoms with E-state index in [-0.39, 0.29) is 11.3 Å². The molecule has 0 saturated heterocycles. The van der Waals surface area contributed by atoms with Gasteiger partial charge in [0, 0.05) is 12.6 Å². The van der Waals surface area contributed by atoms with Gasteiger partial charge < -0.3 is 10.1 Å². The van der Waals surface area contributed by atoms with Crippen LogP contribution >= 0.6 is 0 Å². The van der Waals surface area contributed by atoms with Crippen molar-refractivity contribution in [3.8, 4) is 5.75 Å². The molecular weight excluding hydrogens is 284 g/mol. The van der Waals surface area contributed by atoms with E-state index in [0.29, 0.717) is 13.0 Å². The zero-order valence-electron chi connectivity index (χ0n) is 12.1. The number of hydrogen-bond acceptors (Lipinski definition) is 4. The van der Waals surface area contributed by atoms with E-state index in [1.165, 1.54) is 18.2 Å². The van der Waals surface area contributed by atoms with Gasteiger partial charge in [0.2, 0.25) is 0 Å². The van der Waals surface area contributed by atoms with Crippen molar-refractivity contribution in [3.63, 3.8) is 0 Å². The fourth-order valence-electron chi connectivity index (χ4n) is 2.14. The Labute approximate surface area is 127 Å². The smallest absolute Gasteiger partial charge is 0.282 e. The van der Waals surface area contributed by atoms with E-state index in [1.54, 1.807) is 13.2 Å². The van der Waals surface area contributed by atoms with Gasteiger partial charge in [0.15, 0.2) is 0 Å². The number of amides is 1. The van der Waals surface area contributed by atoms with E-state index >= 15 is 0 Å². The number of benzene rings is 2. The molecule has 0 aromatic heterocycles. The van der Waals surface area contributed by atoms with E-state index in [9.17, 15) is 14.9 Å². The Hall–Kier alpha value is -2.89. The standard InChI is InChI=1S/C16H16N2O4/c1-22-15-9-5-2-6-12(15)10-11-17-16(19)13-7-3-4-8-14(13)18(20)21/h2-9H,10-11H2,1H3,(H,17,19). The van der Waals surface area contributed by atoms with Gasteiger partial charge in [-0.05, 0) is 24.1 Å². The van der Waals surface area contributed by atoms with Crippen LogP contribution in [0.25, 0.3) is 0 Å². The number of nitro benzene ring substituents is 1. The molecule has 2 rings (SSSR count).